The largest absolute Gasteiger partial charge is 0.371 e. The summed E-state index contributed by atoms with van der Waals surface area (Å²) in [6.07, 6.45) is 4.58. The van der Waals surface area contributed by atoms with Crippen LogP contribution in [0, 0.1) is 6.92 Å². The number of hydrogen-bond acceptors (Lipinski definition) is 2. The van der Waals surface area contributed by atoms with Gasteiger partial charge in [0.2, 0.25) is 0 Å². The first-order valence-corrected chi connectivity index (χ1v) is 6.85. The first-order valence-electron chi connectivity index (χ1n) is 6.47. The van der Waals surface area contributed by atoms with Gasteiger partial charge in [-0.1, -0.05) is 17.7 Å². The molecule has 94 valence electrons. The molecule has 17 heavy (non-hydrogen) atoms. The molecule has 1 aromatic rings. The average molecular weight is 253 g/mol. The summed E-state index contributed by atoms with van der Waals surface area (Å²) in [5.41, 5.74) is 9.31. The van der Waals surface area contributed by atoms with Gasteiger partial charge in [0, 0.05) is 23.8 Å². The van der Waals surface area contributed by atoms with Gasteiger partial charge in [0.25, 0.3) is 0 Å². The number of aryl methyl sites for hydroxylation is 1. The Balaban J connectivity index is 2.22. The number of anilines is 1. The summed E-state index contributed by atoms with van der Waals surface area (Å²) in [6.45, 7) is 5.18. The second-order valence-corrected chi connectivity index (χ2v) is 5.15. The Morgan fingerprint density at radius 3 is 2.65 bits per heavy atom. The highest BCUT2D eigenvalue weighted by atomic mass is 35.5. The summed E-state index contributed by atoms with van der Waals surface area (Å²) in [4.78, 5) is 2.44. The lowest BCUT2D eigenvalue weighted by atomic mass is 10.0. The van der Waals surface area contributed by atoms with Gasteiger partial charge in [-0.25, -0.2) is 0 Å². The van der Waals surface area contributed by atoms with E-state index in [4.69, 9.17) is 17.3 Å². The molecule has 0 atom stereocenters. The standard InChI is InChI=1S/C14H21ClN2/c1-11-13(17-9-2-3-10-17)7-6-12(14(11)15)5-4-8-16/h6-7H,2-5,8-10,16H2,1H3. The van der Waals surface area contributed by atoms with Crippen LogP contribution in [-0.2, 0) is 6.42 Å². The fourth-order valence-corrected chi connectivity index (χ4v) is 2.77. The van der Waals surface area contributed by atoms with Crippen molar-refractivity contribution in [1.29, 1.82) is 0 Å². The maximum Gasteiger partial charge on any atom is 0.0487 e. The molecule has 1 saturated heterocycles. The summed E-state index contributed by atoms with van der Waals surface area (Å²) in [5, 5.41) is 0.933. The SMILES string of the molecule is Cc1c(N2CCCC2)ccc(CCCN)c1Cl. The van der Waals surface area contributed by atoms with Crippen LogP contribution < -0.4 is 10.6 Å². The van der Waals surface area contributed by atoms with Crippen molar-refractivity contribution in [2.24, 2.45) is 5.73 Å². The molecular weight excluding hydrogens is 232 g/mol. The van der Waals surface area contributed by atoms with Crippen LogP contribution in [0.1, 0.15) is 30.4 Å². The fraction of sp³-hybridized carbons (Fsp3) is 0.571. The highest BCUT2D eigenvalue weighted by Gasteiger charge is 2.16. The van der Waals surface area contributed by atoms with Gasteiger partial charge < -0.3 is 10.6 Å². The van der Waals surface area contributed by atoms with Crippen molar-refractivity contribution in [3.63, 3.8) is 0 Å². The molecule has 2 N–H and O–H groups in total. The third kappa shape index (κ3) is 2.75. The van der Waals surface area contributed by atoms with Crippen molar-refractivity contribution in [3.05, 3.63) is 28.3 Å². The van der Waals surface area contributed by atoms with E-state index in [-0.39, 0.29) is 0 Å². The second-order valence-electron chi connectivity index (χ2n) is 4.77. The third-order valence-electron chi connectivity index (χ3n) is 3.53. The van der Waals surface area contributed by atoms with E-state index in [1.165, 1.54) is 42.7 Å². The molecule has 0 spiro atoms. The number of nitrogens with two attached hydrogens (primary N) is 1. The highest BCUT2D eigenvalue weighted by molar-refractivity contribution is 6.32. The van der Waals surface area contributed by atoms with Crippen LogP contribution in [0.3, 0.4) is 0 Å². The molecule has 1 fully saturated rings. The van der Waals surface area contributed by atoms with E-state index in [0.717, 1.165) is 24.4 Å². The Morgan fingerprint density at radius 2 is 2.00 bits per heavy atom. The van der Waals surface area contributed by atoms with Crippen molar-refractivity contribution in [3.8, 4) is 0 Å². The maximum atomic E-state index is 6.45. The lowest BCUT2D eigenvalue weighted by Gasteiger charge is -2.22. The van der Waals surface area contributed by atoms with Crippen LogP contribution in [0.5, 0.6) is 0 Å². The third-order valence-corrected chi connectivity index (χ3v) is 4.06. The zero-order chi connectivity index (χ0) is 12.3. The molecule has 1 aliphatic rings. The van der Waals surface area contributed by atoms with Gasteiger partial charge in [0.1, 0.15) is 0 Å². The van der Waals surface area contributed by atoms with E-state index in [9.17, 15) is 0 Å². The molecule has 2 rings (SSSR count). The Hall–Kier alpha value is -0.730. The Kier molecular flexibility index (Phi) is 4.30. The zero-order valence-electron chi connectivity index (χ0n) is 10.5. The van der Waals surface area contributed by atoms with E-state index >= 15 is 0 Å². The van der Waals surface area contributed by atoms with Gasteiger partial charge in [0.15, 0.2) is 0 Å². The minimum absolute atomic E-state index is 0.725. The van der Waals surface area contributed by atoms with Crippen LogP contribution in [-0.4, -0.2) is 19.6 Å². The monoisotopic (exact) mass is 252 g/mol. The first-order chi connectivity index (χ1) is 8.24. The number of rotatable bonds is 4. The van der Waals surface area contributed by atoms with Crippen molar-refractivity contribution in [1.82, 2.24) is 0 Å². The van der Waals surface area contributed by atoms with Crippen molar-refractivity contribution in [2.45, 2.75) is 32.6 Å². The Bertz CT molecular complexity index is 384. The summed E-state index contributed by atoms with van der Waals surface area (Å²) < 4.78 is 0. The van der Waals surface area contributed by atoms with Gasteiger partial charge in [-0.05, 0) is 56.3 Å². The molecule has 0 bridgehead atoms. The molecule has 0 radical (unpaired) electrons. The van der Waals surface area contributed by atoms with E-state index in [1.54, 1.807) is 0 Å². The molecule has 3 heteroatoms. The van der Waals surface area contributed by atoms with Gasteiger partial charge in [-0.2, -0.15) is 0 Å². The lowest BCUT2D eigenvalue weighted by molar-refractivity contribution is 0.831. The van der Waals surface area contributed by atoms with Crippen LogP contribution in [0.15, 0.2) is 12.1 Å². The van der Waals surface area contributed by atoms with Crippen molar-refractivity contribution >= 4 is 17.3 Å². The van der Waals surface area contributed by atoms with E-state index in [2.05, 4.69) is 24.0 Å². The number of hydrogen-bond donors (Lipinski definition) is 1. The summed E-state index contributed by atoms with van der Waals surface area (Å²) in [6, 6.07) is 4.39. The van der Waals surface area contributed by atoms with E-state index < -0.39 is 0 Å². The quantitative estimate of drug-likeness (QED) is 0.892. The van der Waals surface area contributed by atoms with Gasteiger partial charge in [-0.15, -0.1) is 0 Å². The molecular formula is C14H21ClN2. The molecule has 1 aromatic carbocycles. The summed E-state index contributed by atoms with van der Waals surface area (Å²) in [7, 11) is 0. The molecule has 0 saturated carbocycles. The van der Waals surface area contributed by atoms with Crippen molar-refractivity contribution < 1.29 is 0 Å². The van der Waals surface area contributed by atoms with Crippen molar-refractivity contribution in [2.75, 3.05) is 24.5 Å². The molecule has 0 aromatic heterocycles. The predicted octanol–water partition coefficient (Wildman–Crippen LogP) is 3.14. The average Bonchev–Trinajstić information content (AvgIpc) is 2.85. The minimum Gasteiger partial charge on any atom is -0.371 e. The first kappa shape index (κ1) is 12.7. The van der Waals surface area contributed by atoms with Gasteiger partial charge >= 0.3 is 0 Å². The number of halogens is 1. The normalized spacial score (nSPS) is 15.6. The zero-order valence-corrected chi connectivity index (χ0v) is 11.3. The lowest BCUT2D eigenvalue weighted by Crippen LogP contribution is -2.19. The number of benzene rings is 1. The highest BCUT2D eigenvalue weighted by Crippen LogP contribution is 2.32. The van der Waals surface area contributed by atoms with Crippen LogP contribution in [0.2, 0.25) is 5.02 Å². The maximum absolute atomic E-state index is 6.45. The Morgan fingerprint density at radius 1 is 1.29 bits per heavy atom. The summed E-state index contributed by atoms with van der Waals surface area (Å²) >= 11 is 6.45. The molecule has 0 unspecified atom stereocenters. The topological polar surface area (TPSA) is 29.3 Å². The number of nitrogens with zero attached hydrogens (tertiary/aromatic N) is 1. The summed E-state index contributed by atoms with van der Waals surface area (Å²) in [5.74, 6) is 0. The minimum atomic E-state index is 0.725. The molecule has 1 aliphatic heterocycles. The fourth-order valence-electron chi connectivity index (χ4n) is 2.52. The molecule has 0 aliphatic carbocycles. The Labute approximate surface area is 109 Å². The van der Waals surface area contributed by atoms with Crippen LogP contribution in [0.25, 0.3) is 0 Å². The molecule has 0 amide bonds. The van der Waals surface area contributed by atoms with E-state index in [0.29, 0.717) is 0 Å². The van der Waals surface area contributed by atoms with Crippen LogP contribution in [0.4, 0.5) is 5.69 Å². The molecule has 2 nitrogen and oxygen atoms in total. The smallest absolute Gasteiger partial charge is 0.0487 e. The van der Waals surface area contributed by atoms with E-state index in [1.807, 2.05) is 0 Å². The molecule has 1 heterocycles. The van der Waals surface area contributed by atoms with Gasteiger partial charge in [-0.3, -0.25) is 0 Å². The van der Waals surface area contributed by atoms with Gasteiger partial charge in [0.05, 0.1) is 0 Å². The van der Waals surface area contributed by atoms with Crippen LogP contribution >= 0.6 is 11.6 Å². The second kappa shape index (κ2) is 5.74. The predicted molar refractivity (Wildman–Crippen MR) is 75.0 cm³/mol.